The molecule has 2 aromatic rings. The highest BCUT2D eigenvalue weighted by atomic mass is 127. The zero-order valence-electron chi connectivity index (χ0n) is 15.2. The Morgan fingerprint density at radius 2 is 1.37 bits per heavy atom. The summed E-state index contributed by atoms with van der Waals surface area (Å²) in [4.78, 5) is 3.98. The summed E-state index contributed by atoms with van der Waals surface area (Å²) >= 11 is 0. The molecule has 0 aliphatic carbocycles. The van der Waals surface area contributed by atoms with Crippen molar-refractivity contribution in [1.82, 2.24) is 10.6 Å². The van der Waals surface area contributed by atoms with Gasteiger partial charge in [-0.1, -0.05) is 60.7 Å². The van der Waals surface area contributed by atoms with Gasteiger partial charge in [0.2, 0.25) is 0 Å². The predicted molar refractivity (Wildman–Crippen MR) is 115 cm³/mol. The first-order chi connectivity index (χ1) is 12.5. The van der Waals surface area contributed by atoms with E-state index in [1.165, 1.54) is 11.1 Å². The third-order valence-electron chi connectivity index (χ3n) is 4.05. The number of aliphatic imine (C=N–C) groups is 1. The van der Waals surface area contributed by atoms with Crippen molar-refractivity contribution in [1.29, 1.82) is 0 Å². The summed E-state index contributed by atoms with van der Waals surface area (Å²) in [5.41, 5.74) is 2.42. The van der Waals surface area contributed by atoms with E-state index < -0.39 is 12.6 Å². The van der Waals surface area contributed by atoms with Crippen LogP contribution in [0, 0.1) is 0 Å². The molecule has 0 radical (unpaired) electrons. The van der Waals surface area contributed by atoms with Gasteiger partial charge in [-0.25, -0.2) is 0 Å². The average molecular weight is 491 g/mol. The summed E-state index contributed by atoms with van der Waals surface area (Å²) in [6, 6.07) is 20.4. The molecule has 0 unspecified atom stereocenters. The molecule has 0 aromatic heterocycles. The van der Waals surface area contributed by atoms with E-state index in [-0.39, 0.29) is 36.4 Å². The van der Waals surface area contributed by atoms with E-state index in [4.69, 9.17) is 0 Å². The van der Waals surface area contributed by atoms with E-state index in [1.54, 1.807) is 7.05 Å². The zero-order chi connectivity index (χ0) is 18.8. The minimum Gasteiger partial charge on any atom is -0.356 e. The fourth-order valence-electron chi connectivity index (χ4n) is 2.77. The van der Waals surface area contributed by atoms with Crippen molar-refractivity contribution in [2.24, 2.45) is 4.99 Å². The van der Waals surface area contributed by atoms with Crippen molar-refractivity contribution in [3.8, 4) is 0 Å². The minimum atomic E-state index is -4.17. The first kappa shape index (κ1) is 23.3. The first-order valence-corrected chi connectivity index (χ1v) is 8.61. The van der Waals surface area contributed by atoms with Crippen molar-refractivity contribution < 1.29 is 13.2 Å². The Hall–Kier alpha value is -1.77. The summed E-state index contributed by atoms with van der Waals surface area (Å²) in [7, 11) is 1.55. The molecule has 2 aromatic carbocycles. The highest BCUT2D eigenvalue weighted by molar-refractivity contribution is 14.0. The monoisotopic (exact) mass is 491 g/mol. The molecule has 2 N–H and O–H groups in total. The Morgan fingerprint density at radius 3 is 1.81 bits per heavy atom. The highest BCUT2D eigenvalue weighted by Gasteiger charge is 2.26. The van der Waals surface area contributed by atoms with Gasteiger partial charge < -0.3 is 10.6 Å². The standard InChI is InChI=1S/C20H24F3N3.HI/c1-24-19(26-15-13-20(21,22)23)25-14-12-18(16-8-4-2-5-9-16)17-10-6-3-7-11-17;/h2-11,18H,12-15H2,1H3,(H2,24,25,26);1H. The Kier molecular flexibility index (Phi) is 10.2. The molecule has 0 fully saturated rings. The number of hydrogen-bond acceptors (Lipinski definition) is 1. The van der Waals surface area contributed by atoms with Gasteiger partial charge in [0.15, 0.2) is 5.96 Å². The van der Waals surface area contributed by atoms with Crippen LogP contribution in [0.25, 0.3) is 0 Å². The Labute approximate surface area is 175 Å². The van der Waals surface area contributed by atoms with Crippen molar-refractivity contribution in [3.05, 3.63) is 71.8 Å². The van der Waals surface area contributed by atoms with Gasteiger partial charge in [-0.2, -0.15) is 13.2 Å². The number of benzene rings is 2. The molecule has 2 rings (SSSR count). The lowest BCUT2D eigenvalue weighted by Gasteiger charge is -2.19. The van der Waals surface area contributed by atoms with E-state index in [0.717, 1.165) is 6.42 Å². The molecule has 0 bridgehead atoms. The Balaban J connectivity index is 0.00000364. The van der Waals surface area contributed by atoms with E-state index in [9.17, 15) is 13.2 Å². The lowest BCUT2D eigenvalue weighted by atomic mass is 9.88. The van der Waals surface area contributed by atoms with Crippen LogP contribution in [0.5, 0.6) is 0 Å². The number of rotatable bonds is 7. The molecule has 0 aliphatic heterocycles. The summed E-state index contributed by atoms with van der Waals surface area (Å²) < 4.78 is 36.7. The second-order valence-corrected chi connectivity index (χ2v) is 5.95. The van der Waals surface area contributed by atoms with Crippen LogP contribution in [0.2, 0.25) is 0 Å². The van der Waals surface area contributed by atoms with Crippen LogP contribution in [0.4, 0.5) is 13.2 Å². The lowest BCUT2D eigenvalue weighted by molar-refractivity contribution is -0.132. The van der Waals surface area contributed by atoms with E-state index in [0.29, 0.717) is 12.5 Å². The minimum absolute atomic E-state index is 0. The fourth-order valence-corrected chi connectivity index (χ4v) is 2.77. The van der Waals surface area contributed by atoms with E-state index >= 15 is 0 Å². The molecule has 0 heterocycles. The maximum Gasteiger partial charge on any atom is 0.390 e. The third-order valence-corrected chi connectivity index (χ3v) is 4.05. The molecule has 7 heteroatoms. The normalized spacial score (nSPS) is 11.8. The highest BCUT2D eigenvalue weighted by Crippen LogP contribution is 2.27. The summed E-state index contributed by atoms with van der Waals surface area (Å²) in [5, 5.41) is 5.80. The van der Waals surface area contributed by atoms with Crippen LogP contribution in [-0.4, -0.2) is 32.3 Å². The van der Waals surface area contributed by atoms with Crippen molar-refractivity contribution in [2.75, 3.05) is 20.1 Å². The van der Waals surface area contributed by atoms with Crippen LogP contribution >= 0.6 is 24.0 Å². The van der Waals surface area contributed by atoms with Gasteiger partial charge in [-0.15, -0.1) is 24.0 Å². The quantitative estimate of drug-likeness (QED) is 0.327. The van der Waals surface area contributed by atoms with Crippen LogP contribution in [0.15, 0.2) is 65.7 Å². The maximum absolute atomic E-state index is 12.2. The number of nitrogens with zero attached hydrogens (tertiary/aromatic N) is 1. The van der Waals surface area contributed by atoms with Crippen LogP contribution < -0.4 is 10.6 Å². The molecule has 0 saturated heterocycles. The van der Waals surface area contributed by atoms with Crippen molar-refractivity contribution in [3.63, 3.8) is 0 Å². The number of nitrogens with one attached hydrogen (secondary N) is 2. The van der Waals surface area contributed by atoms with Gasteiger partial charge in [-0.05, 0) is 17.5 Å². The van der Waals surface area contributed by atoms with Crippen LogP contribution in [0.1, 0.15) is 29.9 Å². The predicted octanol–water partition coefficient (Wildman–Crippen LogP) is 4.94. The molecule has 0 aliphatic rings. The summed E-state index contributed by atoms with van der Waals surface area (Å²) in [6.07, 6.45) is -4.25. The molecular formula is C20H25F3IN3. The zero-order valence-corrected chi connectivity index (χ0v) is 17.5. The Morgan fingerprint density at radius 1 is 0.889 bits per heavy atom. The van der Waals surface area contributed by atoms with Crippen LogP contribution in [0.3, 0.4) is 0 Å². The van der Waals surface area contributed by atoms with Gasteiger partial charge >= 0.3 is 6.18 Å². The number of alkyl halides is 3. The first-order valence-electron chi connectivity index (χ1n) is 8.61. The number of halogens is 4. The molecule has 27 heavy (non-hydrogen) atoms. The lowest BCUT2D eigenvalue weighted by Crippen LogP contribution is -2.39. The average Bonchev–Trinajstić information content (AvgIpc) is 2.64. The SMILES string of the molecule is CN=C(NCCC(c1ccccc1)c1ccccc1)NCCC(F)(F)F.I. The molecule has 0 amide bonds. The molecular weight excluding hydrogens is 466 g/mol. The van der Waals surface area contributed by atoms with Gasteiger partial charge in [0.1, 0.15) is 0 Å². The molecule has 0 saturated carbocycles. The topological polar surface area (TPSA) is 36.4 Å². The summed E-state index contributed by atoms with van der Waals surface area (Å²) in [6.45, 7) is 0.407. The second-order valence-electron chi connectivity index (χ2n) is 5.95. The number of guanidine groups is 1. The Bertz CT molecular complexity index is 636. The molecule has 3 nitrogen and oxygen atoms in total. The second kappa shape index (κ2) is 11.8. The van der Waals surface area contributed by atoms with Gasteiger partial charge in [-0.3, -0.25) is 4.99 Å². The van der Waals surface area contributed by atoms with Crippen molar-refractivity contribution in [2.45, 2.75) is 24.9 Å². The smallest absolute Gasteiger partial charge is 0.356 e. The molecule has 0 atom stereocenters. The van der Waals surface area contributed by atoms with Gasteiger partial charge in [0.25, 0.3) is 0 Å². The third kappa shape index (κ3) is 8.64. The summed E-state index contributed by atoms with van der Waals surface area (Å²) in [5.74, 6) is 0.590. The van der Waals surface area contributed by atoms with Gasteiger partial charge in [0, 0.05) is 26.1 Å². The van der Waals surface area contributed by atoms with E-state index in [1.807, 2.05) is 36.4 Å². The number of hydrogen-bond donors (Lipinski definition) is 2. The molecule has 148 valence electrons. The van der Waals surface area contributed by atoms with E-state index in [2.05, 4.69) is 39.9 Å². The maximum atomic E-state index is 12.2. The molecule has 0 spiro atoms. The van der Waals surface area contributed by atoms with Gasteiger partial charge in [0.05, 0.1) is 6.42 Å². The van der Waals surface area contributed by atoms with Crippen molar-refractivity contribution >= 4 is 29.9 Å². The van der Waals surface area contributed by atoms with Crippen LogP contribution in [-0.2, 0) is 0 Å². The largest absolute Gasteiger partial charge is 0.390 e. The fraction of sp³-hybridized carbons (Fsp3) is 0.350.